The van der Waals surface area contributed by atoms with Crippen LogP contribution in [0.5, 0.6) is 0 Å². The molecule has 0 unspecified atom stereocenters. The van der Waals surface area contributed by atoms with Crippen molar-refractivity contribution in [2.45, 2.75) is 124 Å². The summed E-state index contributed by atoms with van der Waals surface area (Å²) in [6, 6.07) is 0. The molecule has 0 aliphatic heterocycles. The third-order valence-corrected chi connectivity index (χ3v) is 5.60. The van der Waals surface area contributed by atoms with Crippen LogP contribution in [0.3, 0.4) is 0 Å². The lowest BCUT2D eigenvalue weighted by Crippen LogP contribution is -2.14. The van der Waals surface area contributed by atoms with Gasteiger partial charge >= 0.3 is 0 Å². The zero-order valence-corrected chi connectivity index (χ0v) is 15.4. The molecule has 0 aromatic rings. The van der Waals surface area contributed by atoms with E-state index >= 15 is 0 Å². The molecule has 3 aliphatic carbocycles. The van der Waals surface area contributed by atoms with Crippen molar-refractivity contribution in [1.29, 1.82) is 0 Å². The molecule has 0 aromatic carbocycles. The SMILES string of the molecule is C1CCCCC1.CC1(C)CCCCC1.CC1CCCCC1. The summed E-state index contributed by atoms with van der Waals surface area (Å²) in [7, 11) is 0. The lowest BCUT2D eigenvalue weighted by molar-refractivity contribution is 0.244. The smallest absolute Gasteiger partial charge is 0.0354 e. The molecule has 21 heavy (non-hydrogen) atoms. The maximum Gasteiger partial charge on any atom is -0.0354 e. The van der Waals surface area contributed by atoms with Crippen molar-refractivity contribution >= 4 is 0 Å². The molecule has 0 spiro atoms. The van der Waals surface area contributed by atoms with Gasteiger partial charge in [-0.2, -0.15) is 0 Å². The second kappa shape index (κ2) is 11.6. The minimum absolute atomic E-state index is 0.679. The topological polar surface area (TPSA) is 0 Å². The number of rotatable bonds is 0. The Morgan fingerprint density at radius 3 is 1.10 bits per heavy atom. The summed E-state index contributed by atoms with van der Waals surface area (Å²) in [6.45, 7) is 7.12. The van der Waals surface area contributed by atoms with Crippen LogP contribution < -0.4 is 0 Å². The average molecular weight is 295 g/mol. The van der Waals surface area contributed by atoms with Crippen LogP contribution in [0.15, 0.2) is 0 Å². The highest BCUT2D eigenvalue weighted by molar-refractivity contribution is 4.72. The standard InChI is InChI=1S/C8H16.C7H14.C6H12/c1-8(2)6-4-3-5-7-8;1-7-5-3-2-4-6-7;1-2-4-6-5-3-1/h3-7H2,1-2H3;7H,2-6H2,1H3;1-6H2. The van der Waals surface area contributed by atoms with Crippen molar-refractivity contribution in [2.24, 2.45) is 11.3 Å². The van der Waals surface area contributed by atoms with Gasteiger partial charge in [0, 0.05) is 0 Å². The van der Waals surface area contributed by atoms with E-state index in [1.54, 1.807) is 0 Å². The summed E-state index contributed by atoms with van der Waals surface area (Å²) in [6.07, 6.45) is 23.7. The normalized spacial score (nSPS) is 25.9. The summed E-state index contributed by atoms with van der Waals surface area (Å²) in [5.74, 6) is 1.04. The summed E-state index contributed by atoms with van der Waals surface area (Å²) < 4.78 is 0. The van der Waals surface area contributed by atoms with Crippen LogP contribution in [0.1, 0.15) is 124 Å². The van der Waals surface area contributed by atoms with Crippen molar-refractivity contribution in [2.75, 3.05) is 0 Å². The Hall–Kier alpha value is 0. The van der Waals surface area contributed by atoms with E-state index in [9.17, 15) is 0 Å². The van der Waals surface area contributed by atoms with E-state index in [2.05, 4.69) is 20.8 Å². The van der Waals surface area contributed by atoms with Gasteiger partial charge in [0.2, 0.25) is 0 Å². The van der Waals surface area contributed by atoms with Gasteiger partial charge in [-0.1, -0.05) is 111 Å². The van der Waals surface area contributed by atoms with E-state index in [1.807, 2.05) is 0 Å². The molecule has 0 bridgehead atoms. The zero-order valence-electron chi connectivity index (χ0n) is 15.4. The lowest BCUT2D eigenvalue weighted by Gasteiger charge is -2.28. The van der Waals surface area contributed by atoms with Gasteiger partial charge in [0.25, 0.3) is 0 Å². The van der Waals surface area contributed by atoms with Crippen molar-refractivity contribution in [3.63, 3.8) is 0 Å². The van der Waals surface area contributed by atoms with E-state index < -0.39 is 0 Å². The molecule has 0 N–H and O–H groups in total. The highest BCUT2D eigenvalue weighted by Gasteiger charge is 2.19. The van der Waals surface area contributed by atoms with Crippen LogP contribution in [0.4, 0.5) is 0 Å². The van der Waals surface area contributed by atoms with Gasteiger partial charge in [0.1, 0.15) is 0 Å². The van der Waals surface area contributed by atoms with Crippen LogP contribution in [-0.4, -0.2) is 0 Å². The molecule has 0 saturated heterocycles. The van der Waals surface area contributed by atoms with Crippen LogP contribution in [0, 0.1) is 11.3 Å². The molecule has 126 valence electrons. The maximum absolute atomic E-state index is 2.38. The van der Waals surface area contributed by atoms with Gasteiger partial charge in [-0.25, -0.2) is 0 Å². The summed E-state index contributed by atoms with van der Waals surface area (Å²) in [5, 5.41) is 0. The van der Waals surface area contributed by atoms with E-state index in [1.165, 1.54) is 103 Å². The Labute approximate surface area is 135 Å². The first kappa shape index (κ1) is 19.0. The first-order valence-electron chi connectivity index (χ1n) is 10.1. The molecule has 3 fully saturated rings. The summed E-state index contributed by atoms with van der Waals surface area (Å²) >= 11 is 0. The first-order valence-corrected chi connectivity index (χ1v) is 10.1. The molecule has 0 heteroatoms. The quantitative estimate of drug-likeness (QED) is 0.426. The Morgan fingerprint density at radius 1 is 0.524 bits per heavy atom. The Balaban J connectivity index is 0.000000159. The highest BCUT2D eigenvalue weighted by atomic mass is 14.3. The predicted octanol–water partition coefficient (Wildman–Crippen LogP) is 7.90. The maximum atomic E-state index is 2.38. The molecule has 0 radical (unpaired) electrons. The molecule has 0 nitrogen and oxygen atoms in total. The van der Waals surface area contributed by atoms with E-state index in [4.69, 9.17) is 0 Å². The third kappa shape index (κ3) is 11.2. The molecule has 3 rings (SSSR count). The van der Waals surface area contributed by atoms with Gasteiger partial charge < -0.3 is 0 Å². The van der Waals surface area contributed by atoms with E-state index in [0.29, 0.717) is 5.41 Å². The van der Waals surface area contributed by atoms with Crippen LogP contribution in [0.2, 0.25) is 0 Å². The van der Waals surface area contributed by atoms with Crippen molar-refractivity contribution in [1.82, 2.24) is 0 Å². The number of hydrogen-bond acceptors (Lipinski definition) is 0. The third-order valence-electron chi connectivity index (χ3n) is 5.60. The highest BCUT2D eigenvalue weighted by Crippen LogP contribution is 2.34. The molecular formula is C21H42. The molecule has 3 saturated carbocycles. The fraction of sp³-hybridized carbons (Fsp3) is 1.00. The second-order valence-electron chi connectivity index (χ2n) is 8.59. The zero-order chi connectivity index (χ0) is 15.4. The number of hydrogen-bond donors (Lipinski definition) is 0. The fourth-order valence-electron chi connectivity index (χ4n) is 3.88. The van der Waals surface area contributed by atoms with Gasteiger partial charge in [0.05, 0.1) is 0 Å². The Bertz CT molecular complexity index is 199. The van der Waals surface area contributed by atoms with E-state index in [-0.39, 0.29) is 0 Å². The largest absolute Gasteiger partial charge is 0.0625 e. The Kier molecular flexibility index (Phi) is 10.5. The second-order valence-corrected chi connectivity index (χ2v) is 8.59. The molecular weight excluding hydrogens is 252 g/mol. The minimum atomic E-state index is 0.679. The Morgan fingerprint density at radius 2 is 0.857 bits per heavy atom. The van der Waals surface area contributed by atoms with Gasteiger partial charge in [-0.3, -0.25) is 0 Å². The van der Waals surface area contributed by atoms with Crippen molar-refractivity contribution < 1.29 is 0 Å². The minimum Gasteiger partial charge on any atom is -0.0625 e. The van der Waals surface area contributed by atoms with Crippen LogP contribution in [-0.2, 0) is 0 Å². The van der Waals surface area contributed by atoms with Gasteiger partial charge in [-0.15, -0.1) is 0 Å². The first-order chi connectivity index (χ1) is 10.1. The monoisotopic (exact) mass is 294 g/mol. The molecule has 0 amide bonds. The van der Waals surface area contributed by atoms with Gasteiger partial charge in [0.15, 0.2) is 0 Å². The molecule has 0 heterocycles. The molecule has 0 atom stereocenters. The van der Waals surface area contributed by atoms with Gasteiger partial charge in [-0.05, 0) is 24.2 Å². The molecule has 3 aliphatic rings. The van der Waals surface area contributed by atoms with E-state index in [0.717, 1.165) is 5.92 Å². The predicted molar refractivity (Wildman–Crippen MR) is 96.8 cm³/mol. The average Bonchev–Trinajstić information content (AvgIpc) is 2.51. The fourth-order valence-corrected chi connectivity index (χ4v) is 3.88. The van der Waals surface area contributed by atoms with Crippen LogP contribution >= 0.6 is 0 Å². The van der Waals surface area contributed by atoms with Crippen LogP contribution in [0.25, 0.3) is 0 Å². The summed E-state index contributed by atoms with van der Waals surface area (Å²) in [5.41, 5.74) is 0.679. The summed E-state index contributed by atoms with van der Waals surface area (Å²) in [4.78, 5) is 0. The van der Waals surface area contributed by atoms with Crippen molar-refractivity contribution in [3.8, 4) is 0 Å². The molecule has 0 aromatic heterocycles. The van der Waals surface area contributed by atoms with Crippen molar-refractivity contribution in [3.05, 3.63) is 0 Å². The lowest BCUT2D eigenvalue weighted by atomic mass is 9.78.